The van der Waals surface area contributed by atoms with Crippen molar-refractivity contribution in [3.8, 4) is 0 Å². The van der Waals surface area contributed by atoms with Crippen molar-refractivity contribution >= 4 is 46.4 Å². The fourth-order valence-electron chi connectivity index (χ4n) is 0.110. The van der Waals surface area contributed by atoms with Gasteiger partial charge in [0.05, 0.1) is 0 Å². The van der Waals surface area contributed by atoms with Gasteiger partial charge >= 0.3 is 0 Å². The normalized spacial score (nSPS) is 6.27. The van der Waals surface area contributed by atoms with Gasteiger partial charge in [-0.1, -0.05) is 0 Å². The topological polar surface area (TPSA) is 162 Å². The first-order valence-electron chi connectivity index (χ1n) is 4.93. The SMILES string of the molecule is CO.CO.CO.CO.CO.CO.CO.OC(C(Cl)Cl)C(Cl)Cl. The van der Waals surface area contributed by atoms with Gasteiger partial charge in [0.15, 0.2) is 0 Å². The van der Waals surface area contributed by atoms with Crippen LogP contribution in [-0.2, 0) is 0 Å². The predicted molar refractivity (Wildman–Crippen MR) is 94.0 cm³/mol. The molecule has 0 fully saturated rings. The van der Waals surface area contributed by atoms with Crippen molar-refractivity contribution in [2.24, 2.45) is 0 Å². The Morgan fingerprint density at radius 1 is 0.409 bits per heavy atom. The molecule has 0 saturated carbocycles. The molecular formula is C10H32Cl4O8. The Balaban J connectivity index is -0.0000000198. The number of rotatable bonds is 2. The van der Waals surface area contributed by atoms with E-state index < -0.39 is 15.8 Å². The van der Waals surface area contributed by atoms with Crippen LogP contribution in [0.15, 0.2) is 0 Å². The van der Waals surface area contributed by atoms with Crippen molar-refractivity contribution in [2.75, 3.05) is 49.8 Å². The van der Waals surface area contributed by atoms with Crippen molar-refractivity contribution < 1.29 is 40.9 Å². The lowest BCUT2D eigenvalue weighted by Crippen LogP contribution is -2.22. The molecule has 0 aromatic carbocycles. The maximum Gasteiger partial charge on any atom is 0.136 e. The Labute approximate surface area is 153 Å². The predicted octanol–water partition coefficient (Wildman–Crippen LogP) is -0.786. The number of halogens is 4. The van der Waals surface area contributed by atoms with Gasteiger partial charge < -0.3 is 40.9 Å². The molecule has 12 heteroatoms. The average molecular weight is 422 g/mol. The van der Waals surface area contributed by atoms with Gasteiger partial charge in [0.1, 0.15) is 15.8 Å². The molecule has 8 nitrogen and oxygen atoms in total. The molecule has 0 heterocycles. The van der Waals surface area contributed by atoms with Gasteiger partial charge in [-0.25, -0.2) is 0 Å². The van der Waals surface area contributed by atoms with Gasteiger partial charge in [0.25, 0.3) is 0 Å². The third-order valence-corrected chi connectivity index (χ3v) is 1.55. The first-order chi connectivity index (χ1) is 10.6. The zero-order valence-electron chi connectivity index (χ0n) is 13.8. The van der Waals surface area contributed by atoms with Crippen LogP contribution < -0.4 is 0 Å². The van der Waals surface area contributed by atoms with Crippen LogP contribution in [0.2, 0.25) is 0 Å². The van der Waals surface area contributed by atoms with E-state index >= 15 is 0 Å². The van der Waals surface area contributed by atoms with Crippen LogP contribution in [0.1, 0.15) is 0 Å². The standard InChI is InChI=1S/C3H4Cl4O.7CH4O/c4-2(5)1(8)3(6)7;7*1-2/h1-3,8H;7*2H,1H3. The molecule has 8 N–H and O–H groups in total. The first-order valence-corrected chi connectivity index (χ1v) is 6.67. The molecule has 0 aliphatic rings. The van der Waals surface area contributed by atoms with Crippen LogP contribution in [0, 0.1) is 0 Å². The average Bonchev–Trinajstić information content (AvgIpc) is 2.66. The second kappa shape index (κ2) is 98.0. The lowest BCUT2D eigenvalue weighted by atomic mass is 10.5. The van der Waals surface area contributed by atoms with Gasteiger partial charge in [0.2, 0.25) is 0 Å². The van der Waals surface area contributed by atoms with E-state index in [-0.39, 0.29) is 0 Å². The minimum Gasteiger partial charge on any atom is -0.400 e. The van der Waals surface area contributed by atoms with E-state index in [1.807, 2.05) is 0 Å². The summed E-state index contributed by atoms with van der Waals surface area (Å²) < 4.78 is 0. The van der Waals surface area contributed by atoms with Crippen LogP contribution in [0.25, 0.3) is 0 Å². The van der Waals surface area contributed by atoms with E-state index in [0.717, 1.165) is 49.8 Å². The summed E-state index contributed by atoms with van der Waals surface area (Å²) in [6, 6.07) is 0. The summed E-state index contributed by atoms with van der Waals surface area (Å²) in [5.41, 5.74) is 0. The molecule has 0 aliphatic heterocycles. The molecule has 0 aromatic rings. The molecule has 0 amide bonds. The fourth-order valence-corrected chi connectivity index (χ4v) is 0.990. The fraction of sp³-hybridized carbons (Fsp3) is 1.00. The molecule has 22 heavy (non-hydrogen) atoms. The molecule has 0 saturated heterocycles. The highest BCUT2D eigenvalue weighted by Gasteiger charge is 2.20. The van der Waals surface area contributed by atoms with Crippen LogP contribution in [0.5, 0.6) is 0 Å². The zero-order chi connectivity index (χ0) is 20.7. The van der Waals surface area contributed by atoms with E-state index in [9.17, 15) is 0 Å². The highest BCUT2D eigenvalue weighted by molar-refractivity contribution is 6.48. The molecular weight excluding hydrogens is 390 g/mol. The Morgan fingerprint density at radius 2 is 0.500 bits per heavy atom. The summed E-state index contributed by atoms with van der Waals surface area (Å²) in [7, 11) is 7.00. The van der Waals surface area contributed by atoms with Gasteiger partial charge in [-0.2, -0.15) is 0 Å². The third-order valence-electron chi connectivity index (χ3n) is 0.516. The second-order valence-electron chi connectivity index (χ2n) is 1.16. The summed E-state index contributed by atoms with van der Waals surface area (Å²) in [4.78, 5) is -1.84. The van der Waals surface area contributed by atoms with Crippen molar-refractivity contribution in [3.63, 3.8) is 0 Å². The molecule has 0 aromatic heterocycles. The van der Waals surface area contributed by atoms with Crippen molar-refractivity contribution in [1.82, 2.24) is 0 Å². The highest BCUT2D eigenvalue weighted by atomic mass is 35.5. The van der Waals surface area contributed by atoms with Crippen molar-refractivity contribution in [2.45, 2.75) is 15.8 Å². The molecule has 0 aliphatic carbocycles. The quantitative estimate of drug-likeness (QED) is 0.269. The lowest BCUT2D eigenvalue weighted by molar-refractivity contribution is 0.203. The molecule has 0 bridgehead atoms. The molecule has 0 radical (unpaired) electrons. The van der Waals surface area contributed by atoms with Gasteiger partial charge in [-0.15, -0.1) is 46.4 Å². The van der Waals surface area contributed by atoms with E-state index in [0.29, 0.717) is 0 Å². The minimum absolute atomic E-state index is 0.921. The second-order valence-corrected chi connectivity index (χ2v) is 3.49. The number of alkyl halides is 4. The van der Waals surface area contributed by atoms with Crippen LogP contribution in [0.3, 0.4) is 0 Å². The largest absolute Gasteiger partial charge is 0.400 e. The Bertz CT molecular complexity index is 77.9. The van der Waals surface area contributed by atoms with Crippen molar-refractivity contribution in [1.29, 1.82) is 0 Å². The molecule has 0 atom stereocenters. The summed E-state index contributed by atoms with van der Waals surface area (Å²) >= 11 is 20.7. The smallest absolute Gasteiger partial charge is 0.136 e. The van der Waals surface area contributed by atoms with E-state index in [1.165, 1.54) is 0 Å². The molecule has 0 unspecified atom stereocenters. The maximum absolute atomic E-state index is 8.68. The van der Waals surface area contributed by atoms with Gasteiger partial charge in [0, 0.05) is 49.8 Å². The summed E-state index contributed by atoms with van der Waals surface area (Å²) in [5.74, 6) is 0. The van der Waals surface area contributed by atoms with Crippen LogP contribution in [0.4, 0.5) is 0 Å². The monoisotopic (exact) mass is 420 g/mol. The highest BCUT2D eigenvalue weighted by Crippen LogP contribution is 2.17. The summed E-state index contributed by atoms with van der Waals surface area (Å²) in [6.07, 6.45) is -1.07. The number of aliphatic hydroxyl groups excluding tert-OH is 8. The lowest BCUT2D eigenvalue weighted by Gasteiger charge is -2.10. The Kier molecular flexibility index (Phi) is 220. The third kappa shape index (κ3) is 105. The Hall–Kier alpha value is 0.840. The van der Waals surface area contributed by atoms with E-state index in [4.69, 9.17) is 87.3 Å². The first kappa shape index (κ1) is 49.5. The summed E-state index contributed by atoms with van der Waals surface area (Å²) in [5, 5.41) is 57.7. The number of aliphatic hydroxyl groups is 8. The summed E-state index contributed by atoms with van der Waals surface area (Å²) in [6.45, 7) is 0. The van der Waals surface area contributed by atoms with Crippen LogP contribution in [-0.4, -0.2) is 106 Å². The number of hydrogen-bond acceptors (Lipinski definition) is 8. The van der Waals surface area contributed by atoms with Crippen molar-refractivity contribution in [3.05, 3.63) is 0 Å². The molecule has 148 valence electrons. The zero-order valence-corrected chi connectivity index (χ0v) is 16.8. The minimum atomic E-state index is -1.07. The van der Waals surface area contributed by atoms with Gasteiger partial charge in [-0.05, 0) is 0 Å². The van der Waals surface area contributed by atoms with Gasteiger partial charge in [-0.3, -0.25) is 0 Å². The van der Waals surface area contributed by atoms with E-state index in [2.05, 4.69) is 0 Å². The number of hydrogen-bond donors (Lipinski definition) is 8. The van der Waals surface area contributed by atoms with E-state index in [1.54, 1.807) is 0 Å². The van der Waals surface area contributed by atoms with Crippen LogP contribution >= 0.6 is 46.4 Å². The Morgan fingerprint density at radius 3 is 0.500 bits per heavy atom. The molecule has 0 rings (SSSR count). The maximum atomic E-state index is 8.68. The molecule has 0 spiro atoms.